The molecule has 0 aliphatic carbocycles. The van der Waals surface area contributed by atoms with Gasteiger partial charge in [-0.25, -0.2) is 4.79 Å². The molecule has 7 nitrogen and oxygen atoms in total. The molecule has 1 aromatic rings. The Balaban J connectivity index is 2.59. The standard InChI is InChI=1S/C12H16N4O3/c1-7(13)11(17)15-6-8-2-4-9(5-3-8)10(14)16-12(18)19/h2-5,7H,6,13H2,1H3,(H2,14,16)(H,15,17)(H,18,19). The largest absolute Gasteiger partial charge is 0.465 e. The van der Waals surface area contributed by atoms with Crippen LogP contribution in [0.15, 0.2) is 24.3 Å². The summed E-state index contributed by atoms with van der Waals surface area (Å²) in [6.45, 7) is 1.93. The van der Waals surface area contributed by atoms with Crippen molar-refractivity contribution >= 4 is 17.8 Å². The fourth-order valence-electron chi connectivity index (χ4n) is 1.32. The number of hydrogen-bond acceptors (Lipinski definition) is 4. The Morgan fingerprint density at radius 3 is 2.42 bits per heavy atom. The Morgan fingerprint density at radius 1 is 1.37 bits per heavy atom. The van der Waals surface area contributed by atoms with Gasteiger partial charge in [-0.3, -0.25) is 15.5 Å². The van der Waals surface area contributed by atoms with Crippen LogP contribution in [0, 0.1) is 5.41 Å². The number of amides is 2. The van der Waals surface area contributed by atoms with Crippen LogP contribution in [0.25, 0.3) is 0 Å². The van der Waals surface area contributed by atoms with E-state index in [-0.39, 0.29) is 11.7 Å². The predicted molar refractivity (Wildman–Crippen MR) is 69.9 cm³/mol. The molecule has 19 heavy (non-hydrogen) atoms. The highest BCUT2D eigenvalue weighted by atomic mass is 16.4. The van der Waals surface area contributed by atoms with E-state index in [0.29, 0.717) is 12.1 Å². The summed E-state index contributed by atoms with van der Waals surface area (Å²) in [6.07, 6.45) is -1.28. The number of rotatable bonds is 4. The SMILES string of the molecule is CC(N)C(=O)NCc1ccc(C(=N)NC(=O)O)cc1. The van der Waals surface area contributed by atoms with Crippen molar-refractivity contribution < 1.29 is 14.7 Å². The van der Waals surface area contributed by atoms with E-state index in [1.807, 2.05) is 5.32 Å². The summed E-state index contributed by atoms with van der Waals surface area (Å²) in [7, 11) is 0. The first-order valence-electron chi connectivity index (χ1n) is 5.61. The molecule has 2 amide bonds. The quantitative estimate of drug-likeness (QED) is 0.394. The van der Waals surface area contributed by atoms with Crippen LogP contribution in [0.2, 0.25) is 0 Å². The maximum atomic E-state index is 11.3. The second-order valence-electron chi connectivity index (χ2n) is 4.01. The zero-order chi connectivity index (χ0) is 14.4. The molecular formula is C12H16N4O3. The van der Waals surface area contributed by atoms with E-state index in [1.165, 1.54) is 0 Å². The summed E-state index contributed by atoms with van der Waals surface area (Å²) >= 11 is 0. The molecule has 0 fully saturated rings. The first-order chi connectivity index (χ1) is 8.90. The lowest BCUT2D eigenvalue weighted by atomic mass is 10.1. The second kappa shape index (κ2) is 6.50. The van der Waals surface area contributed by atoms with E-state index >= 15 is 0 Å². The van der Waals surface area contributed by atoms with Crippen LogP contribution in [-0.4, -0.2) is 29.0 Å². The maximum Gasteiger partial charge on any atom is 0.410 e. The van der Waals surface area contributed by atoms with Crippen molar-refractivity contribution in [1.29, 1.82) is 5.41 Å². The first kappa shape index (κ1) is 14.7. The molecule has 0 saturated heterocycles. The molecule has 7 heteroatoms. The predicted octanol–water partition coefficient (Wildman–Crippen LogP) is 0.243. The molecule has 0 bridgehead atoms. The van der Waals surface area contributed by atoms with Crippen molar-refractivity contribution in [3.8, 4) is 0 Å². The van der Waals surface area contributed by atoms with Gasteiger partial charge in [0, 0.05) is 12.1 Å². The molecule has 1 atom stereocenters. The van der Waals surface area contributed by atoms with Gasteiger partial charge in [-0.15, -0.1) is 0 Å². The lowest BCUT2D eigenvalue weighted by molar-refractivity contribution is -0.122. The first-order valence-corrected chi connectivity index (χ1v) is 5.61. The Hall–Kier alpha value is -2.41. The number of hydrogen-bond donors (Lipinski definition) is 5. The fraction of sp³-hybridized carbons (Fsp3) is 0.250. The van der Waals surface area contributed by atoms with Crippen molar-refractivity contribution in [2.75, 3.05) is 0 Å². The van der Waals surface area contributed by atoms with Gasteiger partial charge < -0.3 is 16.2 Å². The number of carboxylic acid groups (broad SMARTS) is 1. The van der Waals surface area contributed by atoms with Gasteiger partial charge >= 0.3 is 6.09 Å². The minimum atomic E-state index is -1.28. The van der Waals surface area contributed by atoms with Gasteiger partial charge in [0.2, 0.25) is 5.91 Å². The van der Waals surface area contributed by atoms with Crippen molar-refractivity contribution in [3.05, 3.63) is 35.4 Å². The highest BCUT2D eigenvalue weighted by Crippen LogP contribution is 2.04. The molecule has 6 N–H and O–H groups in total. The van der Waals surface area contributed by atoms with E-state index in [9.17, 15) is 9.59 Å². The highest BCUT2D eigenvalue weighted by molar-refractivity contribution is 6.04. The summed E-state index contributed by atoms with van der Waals surface area (Å²) in [4.78, 5) is 21.6. The highest BCUT2D eigenvalue weighted by Gasteiger charge is 2.07. The van der Waals surface area contributed by atoms with Crippen molar-refractivity contribution in [3.63, 3.8) is 0 Å². The molecule has 1 rings (SSSR count). The summed E-state index contributed by atoms with van der Waals surface area (Å²) in [5, 5.41) is 20.6. The monoisotopic (exact) mass is 264 g/mol. The molecule has 1 aromatic carbocycles. The maximum absolute atomic E-state index is 11.3. The van der Waals surface area contributed by atoms with Gasteiger partial charge in [-0.2, -0.15) is 0 Å². The average Bonchev–Trinajstić information content (AvgIpc) is 2.35. The van der Waals surface area contributed by atoms with Gasteiger partial charge in [-0.05, 0) is 12.5 Å². The average molecular weight is 264 g/mol. The summed E-state index contributed by atoms with van der Waals surface area (Å²) in [5.74, 6) is -0.442. The van der Waals surface area contributed by atoms with E-state index in [2.05, 4.69) is 5.32 Å². The van der Waals surface area contributed by atoms with Crippen LogP contribution in [0.4, 0.5) is 4.79 Å². The third-order valence-corrected chi connectivity index (χ3v) is 2.35. The number of nitrogens with one attached hydrogen (secondary N) is 3. The Bertz CT molecular complexity index is 482. The molecule has 0 aliphatic rings. The summed E-state index contributed by atoms with van der Waals surface area (Å²) in [5.41, 5.74) is 6.69. The lowest BCUT2D eigenvalue weighted by Gasteiger charge is -2.08. The van der Waals surface area contributed by atoms with E-state index < -0.39 is 12.1 Å². The van der Waals surface area contributed by atoms with Crippen molar-refractivity contribution in [1.82, 2.24) is 10.6 Å². The van der Waals surface area contributed by atoms with Gasteiger partial charge in [0.25, 0.3) is 0 Å². The second-order valence-corrected chi connectivity index (χ2v) is 4.01. The van der Waals surface area contributed by atoms with Crippen LogP contribution in [0.3, 0.4) is 0 Å². The number of benzene rings is 1. The Morgan fingerprint density at radius 2 is 1.95 bits per heavy atom. The van der Waals surface area contributed by atoms with Crippen LogP contribution in [-0.2, 0) is 11.3 Å². The molecule has 102 valence electrons. The molecule has 0 aliphatic heterocycles. The van der Waals surface area contributed by atoms with Crippen molar-refractivity contribution in [2.24, 2.45) is 5.73 Å². The normalized spacial score (nSPS) is 11.5. The van der Waals surface area contributed by atoms with Crippen LogP contribution >= 0.6 is 0 Å². The summed E-state index contributed by atoms with van der Waals surface area (Å²) in [6, 6.07) is 6.05. The molecule has 0 aromatic heterocycles. The third-order valence-electron chi connectivity index (χ3n) is 2.35. The van der Waals surface area contributed by atoms with E-state index in [1.54, 1.807) is 31.2 Å². The Labute approximate surface area is 110 Å². The fourth-order valence-corrected chi connectivity index (χ4v) is 1.32. The molecule has 0 spiro atoms. The van der Waals surface area contributed by atoms with Gasteiger partial charge in [0.1, 0.15) is 5.84 Å². The third kappa shape index (κ3) is 4.76. The van der Waals surface area contributed by atoms with Crippen LogP contribution in [0.1, 0.15) is 18.1 Å². The van der Waals surface area contributed by atoms with Crippen LogP contribution in [0.5, 0.6) is 0 Å². The number of carbonyl (C=O) groups excluding carboxylic acids is 1. The van der Waals surface area contributed by atoms with Crippen molar-refractivity contribution in [2.45, 2.75) is 19.5 Å². The zero-order valence-corrected chi connectivity index (χ0v) is 10.4. The van der Waals surface area contributed by atoms with Gasteiger partial charge in [0.15, 0.2) is 0 Å². The number of amidine groups is 1. The van der Waals surface area contributed by atoms with E-state index in [4.69, 9.17) is 16.2 Å². The molecular weight excluding hydrogens is 248 g/mol. The summed E-state index contributed by atoms with van der Waals surface area (Å²) < 4.78 is 0. The van der Waals surface area contributed by atoms with E-state index in [0.717, 1.165) is 5.56 Å². The minimum Gasteiger partial charge on any atom is -0.465 e. The molecule has 0 radical (unpaired) electrons. The smallest absolute Gasteiger partial charge is 0.410 e. The van der Waals surface area contributed by atoms with Gasteiger partial charge in [0.05, 0.1) is 6.04 Å². The zero-order valence-electron chi connectivity index (χ0n) is 10.4. The van der Waals surface area contributed by atoms with Crippen LogP contribution < -0.4 is 16.4 Å². The topological polar surface area (TPSA) is 128 Å². The molecule has 1 unspecified atom stereocenters. The lowest BCUT2D eigenvalue weighted by Crippen LogP contribution is -2.37. The molecule has 0 heterocycles. The van der Waals surface area contributed by atoms with Gasteiger partial charge in [-0.1, -0.05) is 24.3 Å². The Kier molecular flexibility index (Phi) is 5.01. The minimum absolute atomic E-state index is 0.196. The number of carbonyl (C=O) groups is 2. The number of nitrogens with two attached hydrogens (primary N) is 1. The molecule has 0 saturated carbocycles.